The molecule has 2 atom stereocenters. The number of alkyl carbamates (subject to hydrolysis) is 2. The monoisotopic (exact) mass is 971 g/mol. The Bertz CT molecular complexity index is 3020. The van der Waals surface area contributed by atoms with Crippen molar-refractivity contribution in [2.75, 3.05) is 12.4 Å². The largest absolute Gasteiger partial charge is 0.465 e. The Labute approximate surface area is 396 Å². The van der Waals surface area contributed by atoms with Crippen LogP contribution in [-0.4, -0.2) is 55.6 Å². The highest BCUT2D eigenvalue weighted by atomic mass is 79.9. The number of esters is 1. The predicted molar refractivity (Wildman–Crippen MR) is 263 cm³/mol. The summed E-state index contributed by atoms with van der Waals surface area (Å²) in [7, 11) is 1.34. The van der Waals surface area contributed by atoms with Crippen LogP contribution < -0.4 is 27.1 Å². The van der Waals surface area contributed by atoms with Crippen LogP contribution in [0.2, 0.25) is 0 Å². The molecule has 0 saturated carbocycles. The Morgan fingerprint density at radius 3 is 1.52 bits per heavy atom. The van der Waals surface area contributed by atoms with Crippen LogP contribution in [0.5, 0.6) is 0 Å². The third-order valence-electron chi connectivity index (χ3n) is 9.92. The Kier molecular flexibility index (Phi) is 15.3. The number of anilines is 1. The molecule has 0 unspecified atom stereocenters. The van der Waals surface area contributed by atoms with E-state index in [1.165, 1.54) is 16.2 Å². The minimum Gasteiger partial charge on any atom is -0.465 e. The number of halogens is 1. The fourth-order valence-electron chi connectivity index (χ4n) is 7.01. The summed E-state index contributed by atoms with van der Waals surface area (Å²) < 4.78 is 19.2. The van der Waals surface area contributed by atoms with E-state index in [-0.39, 0.29) is 11.1 Å². The summed E-state index contributed by atoms with van der Waals surface area (Å²) in [5.74, 6) is 0.398. The SMILES string of the molecule is COC(=O)c1ccc(CNc2cccc3nc([C@H](C)NC(=O)OC(C)(C)C)n(-c4ccccc4)c(=O)c23)cc1.C[C@H](NC(=O)OC(C)(C)C)c1nc2cccc(Br)c2c(=O)n1-c1ccccc1. The van der Waals surface area contributed by atoms with Crippen molar-refractivity contribution in [2.24, 2.45) is 0 Å². The Morgan fingerprint density at radius 1 is 0.612 bits per heavy atom. The smallest absolute Gasteiger partial charge is 0.408 e. The van der Waals surface area contributed by atoms with E-state index in [2.05, 4.69) is 36.9 Å². The van der Waals surface area contributed by atoms with E-state index in [1.807, 2.05) is 97.1 Å². The molecule has 2 heterocycles. The molecule has 0 fully saturated rings. The minimum absolute atomic E-state index is 0.212. The zero-order valence-electron chi connectivity index (χ0n) is 38.8. The molecule has 7 aromatic rings. The van der Waals surface area contributed by atoms with Gasteiger partial charge < -0.3 is 30.2 Å². The van der Waals surface area contributed by atoms with Gasteiger partial charge in [-0.25, -0.2) is 24.4 Å². The van der Waals surface area contributed by atoms with Gasteiger partial charge in [-0.1, -0.05) is 60.7 Å². The van der Waals surface area contributed by atoms with Gasteiger partial charge >= 0.3 is 18.2 Å². The molecule has 16 heteroatoms. The number of hydrogen-bond acceptors (Lipinski definition) is 11. The Hall–Kier alpha value is -7.33. The number of hydrogen-bond donors (Lipinski definition) is 3. The molecule has 67 heavy (non-hydrogen) atoms. The summed E-state index contributed by atoms with van der Waals surface area (Å²) in [6.45, 7) is 14.7. The van der Waals surface area contributed by atoms with Crippen LogP contribution in [-0.2, 0) is 20.8 Å². The predicted octanol–water partition coefficient (Wildman–Crippen LogP) is 10.1. The van der Waals surface area contributed by atoms with Gasteiger partial charge in [-0.3, -0.25) is 18.7 Å². The van der Waals surface area contributed by atoms with Crippen LogP contribution in [0.25, 0.3) is 33.2 Å². The lowest BCUT2D eigenvalue weighted by molar-refractivity contribution is 0.0493. The van der Waals surface area contributed by atoms with Gasteiger partial charge in [0.25, 0.3) is 11.1 Å². The molecular formula is C51H54BrN7O8. The zero-order chi connectivity index (χ0) is 48.6. The summed E-state index contributed by atoms with van der Waals surface area (Å²) >= 11 is 3.45. The first-order chi connectivity index (χ1) is 31.7. The number of ether oxygens (including phenoxy) is 3. The minimum atomic E-state index is -0.667. The van der Waals surface area contributed by atoms with Crippen LogP contribution in [0.15, 0.2) is 135 Å². The Morgan fingerprint density at radius 2 is 1.06 bits per heavy atom. The third kappa shape index (κ3) is 12.3. The molecule has 0 aliphatic rings. The number of fused-ring (bicyclic) bond motifs is 2. The number of nitrogens with one attached hydrogen (secondary N) is 3. The summed E-state index contributed by atoms with van der Waals surface area (Å²) in [5.41, 5.74) is 2.57. The highest BCUT2D eigenvalue weighted by Gasteiger charge is 2.25. The van der Waals surface area contributed by atoms with E-state index in [4.69, 9.17) is 19.2 Å². The molecule has 0 spiro atoms. The zero-order valence-corrected chi connectivity index (χ0v) is 40.4. The second kappa shape index (κ2) is 20.9. The van der Waals surface area contributed by atoms with Gasteiger partial charge in [0.2, 0.25) is 0 Å². The number of aromatic nitrogens is 4. The van der Waals surface area contributed by atoms with Crippen molar-refractivity contribution in [3.8, 4) is 11.4 Å². The maximum absolute atomic E-state index is 14.0. The average molecular weight is 973 g/mol. The third-order valence-corrected chi connectivity index (χ3v) is 10.6. The molecule has 2 amide bonds. The van der Waals surface area contributed by atoms with Gasteiger partial charge in [-0.15, -0.1) is 0 Å². The molecule has 0 saturated heterocycles. The second-order valence-electron chi connectivity index (χ2n) is 17.5. The quantitative estimate of drug-likeness (QED) is 0.0875. The summed E-state index contributed by atoms with van der Waals surface area (Å²) in [4.78, 5) is 73.3. The Balaban J connectivity index is 0.000000233. The van der Waals surface area contributed by atoms with Crippen molar-refractivity contribution >= 4 is 61.6 Å². The maximum atomic E-state index is 14.0. The first kappa shape index (κ1) is 49.1. The van der Waals surface area contributed by atoms with E-state index in [1.54, 1.807) is 79.7 Å². The van der Waals surface area contributed by atoms with Crippen molar-refractivity contribution in [1.82, 2.24) is 29.7 Å². The van der Waals surface area contributed by atoms with E-state index < -0.39 is 41.4 Å². The molecule has 15 nitrogen and oxygen atoms in total. The number of para-hydroxylation sites is 2. The molecular weight excluding hydrogens is 919 g/mol. The normalized spacial score (nSPS) is 12.3. The average Bonchev–Trinajstić information content (AvgIpc) is 3.27. The first-order valence-electron chi connectivity index (χ1n) is 21.5. The molecule has 0 aliphatic carbocycles. The molecule has 0 aliphatic heterocycles. The maximum Gasteiger partial charge on any atom is 0.408 e. The highest BCUT2D eigenvalue weighted by Crippen LogP contribution is 2.26. The second-order valence-corrected chi connectivity index (χ2v) is 18.4. The number of methoxy groups -OCH3 is 1. The number of benzene rings is 5. The van der Waals surface area contributed by atoms with Crippen LogP contribution in [0.4, 0.5) is 15.3 Å². The van der Waals surface area contributed by atoms with Crippen LogP contribution >= 0.6 is 15.9 Å². The van der Waals surface area contributed by atoms with Gasteiger partial charge in [-0.2, -0.15) is 0 Å². The summed E-state index contributed by atoms with van der Waals surface area (Å²) in [6.07, 6.45) is -1.17. The number of amides is 2. The van der Waals surface area contributed by atoms with Gasteiger partial charge in [-0.05, 0) is 138 Å². The lowest BCUT2D eigenvalue weighted by atomic mass is 10.1. The van der Waals surface area contributed by atoms with E-state index in [9.17, 15) is 24.0 Å². The van der Waals surface area contributed by atoms with Crippen molar-refractivity contribution in [3.63, 3.8) is 0 Å². The lowest BCUT2D eigenvalue weighted by Crippen LogP contribution is -2.37. The molecule has 348 valence electrons. The van der Waals surface area contributed by atoms with Crippen LogP contribution in [0, 0.1) is 0 Å². The molecule has 7 rings (SSSR count). The van der Waals surface area contributed by atoms with E-state index >= 15 is 0 Å². The molecule has 5 aromatic carbocycles. The van der Waals surface area contributed by atoms with Gasteiger partial charge in [0, 0.05) is 16.7 Å². The topological polar surface area (TPSA) is 185 Å². The van der Waals surface area contributed by atoms with E-state index in [0.717, 1.165) is 5.56 Å². The van der Waals surface area contributed by atoms with Crippen molar-refractivity contribution in [1.29, 1.82) is 0 Å². The van der Waals surface area contributed by atoms with Gasteiger partial charge in [0.15, 0.2) is 0 Å². The molecule has 0 bridgehead atoms. The fraction of sp³-hybridized carbons (Fsp3) is 0.275. The van der Waals surface area contributed by atoms with Gasteiger partial charge in [0.05, 0.1) is 57.9 Å². The number of carbonyl (C=O) groups is 3. The van der Waals surface area contributed by atoms with Crippen LogP contribution in [0.1, 0.15) is 95.0 Å². The summed E-state index contributed by atoms with van der Waals surface area (Å²) in [6, 6.07) is 35.1. The molecule has 2 aromatic heterocycles. The molecule has 3 N–H and O–H groups in total. The number of carbonyl (C=O) groups excluding carboxylic acids is 3. The lowest BCUT2D eigenvalue weighted by Gasteiger charge is -2.23. The van der Waals surface area contributed by atoms with E-state index in [0.29, 0.717) is 67.1 Å². The van der Waals surface area contributed by atoms with Crippen molar-refractivity contribution in [3.05, 3.63) is 169 Å². The van der Waals surface area contributed by atoms with Crippen molar-refractivity contribution < 1.29 is 28.6 Å². The van der Waals surface area contributed by atoms with Gasteiger partial charge in [0.1, 0.15) is 22.9 Å². The molecule has 0 radical (unpaired) electrons. The fourth-order valence-corrected chi connectivity index (χ4v) is 7.53. The summed E-state index contributed by atoms with van der Waals surface area (Å²) in [5, 5.41) is 9.81. The number of nitrogens with zero attached hydrogens (tertiary/aromatic N) is 4. The first-order valence-corrected chi connectivity index (χ1v) is 22.3. The van der Waals surface area contributed by atoms with Crippen molar-refractivity contribution in [2.45, 2.75) is 85.2 Å². The van der Waals surface area contributed by atoms with Crippen LogP contribution in [0.3, 0.4) is 0 Å². The number of rotatable bonds is 10. The standard InChI is InChI=1S/C30H32N4O5.C21H22BrN3O3/c1-19(32-29(37)39-30(2,3)4)26-33-24-13-9-12-23(25(24)27(35)34(26)22-10-7-6-8-11-22)31-18-20-14-16-21(17-15-20)28(36)38-5;1-13(23-20(27)28-21(2,3)4)18-24-16-12-8-11-15(22)17(16)19(26)25(18)14-9-6-5-7-10-14/h6-17,19,31H,18H2,1-5H3,(H,32,37);5-13H,1-4H3,(H,23,27)/t19-;13-/m00/s1. The highest BCUT2D eigenvalue weighted by molar-refractivity contribution is 9.10.